The normalized spacial score (nSPS) is 11.5. The molecule has 0 saturated carbocycles. The maximum atomic E-state index is 13.3. The van der Waals surface area contributed by atoms with Crippen molar-refractivity contribution < 1.29 is 9.60 Å². The molecule has 0 aliphatic carbocycles. The summed E-state index contributed by atoms with van der Waals surface area (Å²) >= 11 is 3.47. The highest BCUT2D eigenvalue weighted by Crippen LogP contribution is 2.24. The molecule has 0 spiro atoms. The van der Waals surface area contributed by atoms with Gasteiger partial charge in [0, 0.05) is 22.3 Å². The summed E-state index contributed by atoms with van der Waals surface area (Å²) in [5.74, 6) is -0.545. The summed E-state index contributed by atoms with van der Waals surface area (Å²) < 4.78 is 14.3. The molecule has 0 bridgehead atoms. The predicted octanol–water partition coefficient (Wildman–Crippen LogP) is 3.60. The average molecular weight is 352 g/mol. The van der Waals surface area contributed by atoms with E-state index in [0.717, 1.165) is 21.3 Å². The van der Waals surface area contributed by atoms with Gasteiger partial charge in [0.25, 0.3) is 0 Å². The average Bonchev–Trinajstić information content (AvgIpc) is 2.49. The van der Waals surface area contributed by atoms with Crippen LogP contribution in [0.15, 0.2) is 46.0 Å². The van der Waals surface area contributed by atoms with E-state index in [9.17, 15) is 4.39 Å². The van der Waals surface area contributed by atoms with E-state index in [1.807, 2.05) is 25.1 Å². The van der Waals surface area contributed by atoms with Crippen molar-refractivity contribution in [3.8, 4) is 0 Å². The first-order chi connectivity index (χ1) is 10.0. The maximum Gasteiger partial charge on any atom is 0.170 e. The number of oxime groups is 1. The molecule has 0 aliphatic rings. The largest absolute Gasteiger partial charge is 0.409 e. The third kappa shape index (κ3) is 3.52. The van der Waals surface area contributed by atoms with Crippen LogP contribution in [0, 0.1) is 12.7 Å². The van der Waals surface area contributed by atoms with Gasteiger partial charge in [0.15, 0.2) is 5.84 Å². The summed E-state index contributed by atoms with van der Waals surface area (Å²) in [7, 11) is 0. The van der Waals surface area contributed by atoms with Crippen LogP contribution < -0.4 is 11.1 Å². The first-order valence-corrected chi connectivity index (χ1v) is 7.07. The van der Waals surface area contributed by atoms with Gasteiger partial charge in [-0.15, -0.1) is 0 Å². The molecule has 0 amide bonds. The SMILES string of the molecule is Cc1c(Br)cccc1NCc1ccc(F)cc1/C(N)=N/O. The number of hydrogen-bond donors (Lipinski definition) is 3. The fourth-order valence-corrected chi connectivity index (χ4v) is 2.35. The van der Waals surface area contributed by atoms with E-state index in [-0.39, 0.29) is 5.84 Å². The minimum atomic E-state index is -0.431. The van der Waals surface area contributed by atoms with Crippen LogP contribution in [-0.4, -0.2) is 11.0 Å². The van der Waals surface area contributed by atoms with Crippen molar-refractivity contribution in [3.63, 3.8) is 0 Å². The van der Waals surface area contributed by atoms with Gasteiger partial charge < -0.3 is 16.3 Å². The second-order valence-electron chi connectivity index (χ2n) is 4.55. The fraction of sp³-hybridized carbons (Fsp3) is 0.133. The summed E-state index contributed by atoms with van der Waals surface area (Å²) in [5.41, 5.74) is 8.73. The third-order valence-electron chi connectivity index (χ3n) is 3.19. The maximum absolute atomic E-state index is 13.3. The number of nitrogens with zero attached hydrogens (tertiary/aromatic N) is 1. The van der Waals surface area contributed by atoms with Gasteiger partial charge in [-0.05, 0) is 42.3 Å². The highest BCUT2D eigenvalue weighted by atomic mass is 79.9. The molecule has 0 aromatic heterocycles. The van der Waals surface area contributed by atoms with Crippen LogP contribution in [0.5, 0.6) is 0 Å². The summed E-state index contributed by atoms with van der Waals surface area (Å²) in [4.78, 5) is 0. The number of amidine groups is 1. The molecule has 0 saturated heterocycles. The molecule has 0 fully saturated rings. The van der Waals surface area contributed by atoms with Crippen molar-refractivity contribution >= 4 is 27.5 Å². The molecule has 0 unspecified atom stereocenters. The summed E-state index contributed by atoms with van der Waals surface area (Å²) in [6, 6.07) is 10.0. The van der Waals surface area contributed by atoms with Crippen LogP contribution in [0.25, 0.3) is 0 Å². The number of nitrogens with one attached hydrogen (secondary N) is 1. The molecule has 2 aromatic rings. The van der Waals surface area contributed by atoms with Crippen LogP contribution in [0.4, 0.5) is 10.1 Å². The molecule has 0 aliphatic heterocycles. The van der Waals surface area contributed by atoms with Crippen molar-refractivity contribution in [1.82, 2.24) is 0 Å². The Morgan fingerprint density at radius 3 is 2.86 bits per heavy atom. The number of anilines is 1. The van der Waals surface area contributed by atoms with Gasteiger partial charge >= 0.3 is 0 Å². The Morgan fingerprint density at radius 1 is 1.38 bits per heavy atom. The number of benzene rings is 2. The standard InChI is InChI=1S/C15H15BrFN3O/c1-9-13(16)3-2-4-14(9)19-8-10-5-6-11(17)7-12(10)15(18)20-21/h2-7,19,21H,8H2,1H3,(H2,18,20). The Bertz CT molecular complexity index is 689. The summed E-state index contributed by atoms with van der Waals surface area (Å²) in [6.07, 6.45) is 0. The lowest BCUT2D eigenvalue weighted by Gasteiger charge is -2.13. The first kappa shape index (κ1) is 15.3. The predicted molar refractivity (Wildman–Crippen MR) is 85.1 cm³/mol. The lowest BCUT2D eigenvalue weighted by molar-refractivity contribution is 0.318. The zero-order valence-electron chi connectivity index (χ0n) is 11.4. The number of rotatable bonds is 4. The van der Waals surface area contributed by atoms with Gasteiger partial charge in [-0.3, -0.25) is 0 Å². The van der Waals surface area contributed by atoms with Gasteiger partial charge in [0.2, 0.25) is 0 Å². The zero-order chi connectivity index (χ0) is 15.4. The van der Waals surface area contributed by atoms with E-state index in [2.05, 4.69) is 26.4 Å². The van der Waals surface area contributed by atoms with Crippen molar-refractivity contribution in [2.24, 2.45) is 10.9 Å². The van der Waals surface area contributed by atoms with Crippen molar-refractivity contribution in [2.75, 3.05) is 5.32 Å². The van der Waals surface area contributed by atoms with E-state index in [0.29, 0.717) is 12.1 Å². The molecule has 0 heterocycles. The third-order valence-corrected chi connectivity index (χ3v) is 4.05. The minimum absolute atomic E-state index is 0.114. The van der Waals surface area contributed by atoms with Gasteiger partial charge in [0.05, 0.1) is 0 Å². The number of halogens is 2. The Hall–Kier alpha value is -2.08. The smallest absolute Gasteiger partial charge is 0.170 e. The van der Waals surface area contributed by atoms with Crippen molar-refractivity contribution in [1.29, 1.82) is 0 Å². The van der Waals surface area contributed by atoms with E-state index in [1.54, 1.807) is 6.07 Å². The van der Waals surface area contributed by atoms with Gasteiger partial charge in [-0.2, -0.15) is 0 Å². The summed E-state index contributed by atoms with van der Waals surface area (Å²) in [5, 5.41) is 15.0. The second-order valence-corrected chi connectivity index (χ2v) is 5.41. The minimum Gasteiger partial charge on any atom is -0.409 e. The molecule has 110 valence electrons. The quantitative estimate of drug-likeness (QED) is 0.341. The molecule has 4 N–H and O–H groups in total. The summed E-state index contributed by atoms with van der Waals surface area (Å²) in [6.45, 7) is 2.42. The Labute approximate surface area is 130 Å². The lowest BCUT2D eigenvalue weighted by Crippen LogP contribution is -2.17. The van der Waals surface area contributed by atoms with Crippen molar-refractivity contribution in [2.45, 2.75) is 13.5 Å². The molecule has 2 aromatic carbocycles. The highest BCUT2D eigenvalue weighted by molar-refractivity contribution is 9.10. The van der Waals surface area contributed by atoms with Gasteiger partial charge in [0.1, 0.15) is 5.82 Å². The van der Waals surface area contributed by atoms with E-state index in [1.165, 1.54) is 12.1 Å². The van der Waals surface area contributed by atoms with Crippen LogP contribution >= 0.6 is 15.9 Å². The molecular weight excluding hydrogens is 337 g/mol. The van der Waals surface area contributed by atoms with Crippen LogP contribution in [-0.2, 0) is 6.54 Å². The highest BCUT2D eigenvalue weighted by Gasteiger charge is 2.09. The van der Waals surface area contributed by atoms with E-state index in [4.69, 9.17) is 10.9 Å². The molecule has 4 nitrogen and oxygen atoms in total. The molecule has 0 atom stereocenters. The number of nitrogens with two attached hydrogens (primary N) is 1. The Kier molecular flexibility index (Phi) is 4.80. The molecule has 0 radical (unpaired) electrons. The van der Waals surface area contributed by atoms with Crippen LogP contribution in [0.3, 0.4) is 0 Å². The van der Waals surface area contributed by atoms with Crippen LogP contribution in [0.2, 0.25) is 0 Å². The molecule has 6 heteroatoms. The lowest BCUT2D eigenvalue weighted by atomic mass is 10.1. The van der Waals surface area contributed by atoms with Crippen molar-refractivity contribution in [3.05, 3.63) is 63.4 Å². The fourth-order valence-electron chi connectivity index (χ4n) is 1.98. The van der Waals surface area contributed by atoms with Gasteiger partial charge in [-0.25, -0.2) is 4.39 Å². The van der Waals surface area contributed by atoms with E-state index < -0.39 is 5.82 Å². The first-order valence-electron chi connectivity index (χ1n) is 6.28. The zero-order valence-corrected chi connectivity index (χ0v) is 13.0. The topological polar surface area (TPSA) is 70.6 Å². The van der Waals surface area contributed by atoms with Crippen LogP contribution in [0.1, 0.15) is 16.7 Å². The Morgan fingerprint density at radius 2 is 2.14 bits per heavy atom. The second kappa shape index (κ2) is 6.58. The molecule has 21 heavy (non-hydrogen) atoms. The number of hydrogen-bond acceptors (Lipinski definition) is 3. The Balaban J connectivity index is 2.26. The van der Waals surface area contributed by atoms with E-state index >= 15 is 0 Å². The molecule has 2 rings (SSSR count). The monoisotopic (exact) mass is 351 g/mol. The van der Waals surface area contributed by atoms with Gasteiger partial charge in [-0.1, -0.05) is 33.2 Å². The molecular formula is C15H15BrFN3O.